The number of hydrogen-bond donors (Lipinski definition) is 0. The summed E-state index contributed by atoms with van der Waals surface area (Å²) in [6.07, 6.45) is 9.40. The van der Waals surface area contributed by atoms with Gasteiger partial charge < -0.3 is 0 Å². The van der Waals surface area contributed by atoms with Gasteiger partial charge in [0.15, 0.2) is 0 Å². The van der Waals surface area contributed by atoms with Gasteiger partial charge in [0.1, 0.15) is 0 Å². The minimum absolute atomic E-state index is 0.202. The van der Waals surface area contributed by atoms with Crippen LogP contribution in [0.25, 0.3) is 11.1 Å². The molecule has 0 atom stereocenters. The SMILES string of the molecule is CCC1(C)c2ccccc2-c2ccccc21.CCCC(C)C.CCCCCC. The highest BCUT2D eigenvalue weighted by Crippen LogP contribution is 2.50. The molecule has 0 aliphatic heterocycles. The molecule has 0 amide bonds. The van der Waals surface area contributed by atoms with Crippen LogP contribution in [0.3, 0.4) is 0 Å². The molecule has 0 spiro atoms. The van der Waals surface area contributed by atoms with Crippen LogP contribution in [0.5, 0.6) is 0 Å². The Bertz CT molecular complexity index is 616. The van der Waals surface area contributed by atoms with Crippen molar-refractivity contribution in [3.05, 3.63) is 59.7 Å². The topological polar surface area (TPSA) is 0 Å². The first kappa shape index (κ1) is 24.5. The second-order valence-corrected chi connectivity index (χ2v) is 8.67. The van der Waals surface area contributed by atoms with Crippen molar-refractivity contribution < 1.29 is 0 Å². The predicted octanol–water partition coefficient (Wildman–Crippen LogP) is 9.41. The summed E-state index contributed by atoms with van der Waals surface area (Å²) >= 11 is 0. The van der Waals surface area contributed by atoms with Gasteiger partial charge in [-0.2, -0.15) is 0 Å². The van der Waals surface area contributed by atoms with Crippen molar-refractivity contribution in [3.8, 4) is 11.1 Å². The molecule has 0 aromatic heterocycles. The Kier molecular flexibility index (Phi) is 11.2. The van der Waals surface area contributed by atoms with Gasteiger partial charge in [-0.15, -0.1) is 0 Å². The largest absolute Gasteiger partial charge is 0.0654 e. The molecule has 3 rings (SSSR count). The zero-order chi connectivity index (χ0) is 21.0. The zero-order valence-corrected chi connectivity index (χ0v) is 19.6. The van der Waals surface area contributed by atoms with Crippen LogP contribution >= 0.6 is 0 Å². The summed E-state index contributed by atoms with van der Waals surface area (Å²) in [6, 6.07) is 17.6. The van der Waals surface area contributed by atoms with E-state index in [9.17, 15) is 0 Å². The van der Waals surface area contributed by atoms with Crippen LogP contribution in [0, 0.1) is 5.92 Å². The Labute approximate surface area is 175 Å². The fourth-order valence-corrected chi connectivity index (χ4v) is 4.00. The third-order valence-electron chi connectivity index (χ3n) is 5.86. The minimum atomic E-state index is 0.202. The van der Waals surface area contributed by atoms with E-state index in [0.717, 1.165) is 12.3 Å². The Hall–Kier alpha value is -1.56. The summed E-state index contributed by atoms with van der Waals surface area (Å²) in [5, 5.41) is 0. The highest BCUT2D eigenvalue weighted by Gasteiger charge is 2.36. The minimum Gasteiger partial charge on any atom is -0.0654 e. The van der Waals surface area contributed by atoms with E-state index in [1.807, 2.05) is 0 Å². The van der Waals surface area contributed by atoms with Gasteiger partial charge in [-0.1, -0.05) is 136 Å². The molecular formula is C28H44. The third kappa shape index (κ3) is 6.50. The lowest BCUT2D eigenvalue weighted by molar-refractivity contribution is 0.564. The maximum absolute atomic E-state index is 2.36. The van der Waals surface area contributed by atoms with Crippen molar-refractivity contribution in [3.63, 3.8) is 0 Å². The zero-order valence-electron chi connectivity index (χ0n) is 19.6. The molecule has 0 saturated carbocycles. The van der Waals surface area contributed by atoms with Crippen molar-refractivity contribution >= 4 is 0 Å². The normalized spacial score (nSPS) is 13.0. The molecule has 2 aromatic rings. The molecule has 0 bridgehead atoms. The van der Waals surface area contributed by atoms with Gasteiger partial charge in [0.25, 0.3) is 0 Å². The van der Waals surface area contributed by atoms with Crippen LogP contribution in [0.15, 0.2) is 48.5 Å². The van der Waals surface area contributed by atoms with E-state index in [0.29, 0.717) is 0 Å². The number of rotatable bonds is 6. The number of benzene rings is 2. The van der Waals surface area contributed by atoms with Crippen LogP contribution in [-0.4, -0.2) is 0 Å². The second kappa shape index (κ2) is 12.8. The van der Waals surface area contributed by atoms with Crippen molar-refractivity contribution in [2.24, 2.45) is 5.92 Å². The van der Waals surface area contributed by atoms with Gasteiger partial charge in [0, 0.05) is 5.41 Å². The first-order valence-corrected chi connectivity index (χ1v) is 11.6. The average Bonchev–Trinajstić information content (AvgIpc) is 2.97. The maximum atomic E-state index is 2.36. The van der Waals surface area contributed by atoms with Crippen molar-refractivity contribution in [2.45, 2.75) is 98.8 Å². The second-order valence-electron chi connectivity index (χ2n) is 8.67. The fraction of sp³-hybridized carbons (Fsp3) is 0.571. The van der Waals surface area contributed by atoms with E-state index in [-0.39, 0.29) is 5.41 Å². The number of unbranched alkanes of at least 4 members (excludes halogenated alkanes) is 3. The summed E-state index contributed by atoms with van der Waals surface area (Å²) in [4.78, 5) is 0. The average molecular weight is 381 g/mol. The molecule has 0 saturated heterocycles. The lowest BCUT2D eigenvalue weighted by Gasteiger charge is -2.25. The Morgan fingerprint density at radius 2 is 1.11 bits per heavy atom. The monoisotopic (exact) mass is 380 g/mol. The molecule has 0 nitrogen and oxygen atoms in total. The van der Waals surface area contributed by atoms with Crippen molar-refractivity contribution in [2.75, 3.05) is 0 Å². The van der Waals surface area contributed by atoms with Gasteiger partial charge >= 0.3 is 0 Å². The quantitative estimate of drug-likeness (QED) is 0.438. The predicted molar refractivity (Wildman–Crippen MR) is 128 cm³/mol. The Balaban J connectivity index is 0.000000274. The smallest absolute Gasteiger partial charge is 0.0184 e. The molecule has 0 unspecified atom stereocenters. The first-order chi connectivity index (χ1) is 13.5. The summed E-state index contributed by atoms with van der Waals surface area (Å²) in [7, 11) is 0. The van der Waals surface area contributed by atoms with E-state index < -0.39 is 0 Å². The fourth-order valence-electron chi connectivity index (χ4n) is 4.00. The number of hydrogen-bond acceptors (Lipinski definition) is 0. The lowest BCUT2D eigenvalue weighted by Crippen LogP contribution is -2.18. The van der Waals surface area contributed by atoms with Crippen LogP contribution in [-0.2, 0) is 5.41 Å². The van der Waals surface area contributed by atoms with Gasteiger partial charge in [-0.3, -0.25) is 0 Å². The van der Waals surface area contributed by atoms with Crippen molar-refractivity contribution in [1.29, 1.82) is 0 Å². The molecular weight excluding hydrogens is 336 g/mol. The molecule has 0 fully saturated rings. The van der Waals surface area contributed by atoms with Crippen molar-refractivity contribution in [1.82, 2.24) is 0 Å². The van der Waals surface area contributed by atoms with Crippen LogP contribution in [0.4, 0.5) is 0 Å². The van der Waals surface area contributed by atoms with E-state index in [2.05, 4.69) is 97.0 Å². The summed E-state index contributed by atoms with van der Waals surface area (Å²) < 4.78 is 0. The highest BCUT2D eigenvalue weighted by molar-refractivity contribution is 5.80. The molecule has 0 N–H and O–H groups in total. The molecule has 0 heterocycles. The molecule has 0 radical (unpaired) electrons. The Morgan fingerprint density at radius 3 is 1.39 bits per heavy atom. The van der Waals surface area contributed by atoms with Gasteiger partial charge in [-0.25, -0.2) is 0 Å². The standard InChI is InChI=1S/C16H16.2C6H14/c1-3-16(2)14-10-6-4-8-12(14)13-9-5-7-11-15(13)16;1-4-5-6(2)3;1-3-5-6-4-2/h4-11H,3H2,1-2H3;6H,4-5H2,1-3H3;3-6H2,1-2H3. The van der Waals surface area contributed by atoms with E-state index in [4.69, 9.17) is 0 Å². The summed E-state index contributed by atoms with van der Waals surface area (Å²) in [5.74, 6) is 0.898. The van der Waals surface area contributed by atoms with Crippen LogP contribution < -0.4 is 0 Å². The molecule has 2 aromatic carbocycles. The van der Waals surface area contributed by atoms with E-state index >= 15 is 0 Å². The molecule has 156 valence electrons. The van der Waals surface area contributed by atoms with Gasteiger partial charge in [0.05, 0.1) is 0 Å². The van der Waals surface area contributed by atoms with Gasteiger partial charge in [-0.05, 0) is 34.6 Å². The molecule has 1 aliphatic rings. The van der Waals surface area contributed by atoms with E-state index in [1.165, 1.54) is 60.8 Å². The molecule has 28 heavy (non-hydrogen) atoms. The van der Waals surface area contributed by atoms with E-state index in [1.54, 1.807) is 0 Å². The first-order valence-electron chi connectivity index (χ1n) is 11.6. The third-order valence-corrected chi connectivity index (χ3v) is 5.86. The van der Waals surface area contributed by atoms with Gasteiger partial charge in [0.2, 0.25) is 0 Å². The maximum Gasteiger partial charge on any atom is 0.0184 e. The molecule has 0 heteroatoms. The number of fused-ring (bicyclic) bond motifs is 3. The lowest BCUT2D eigenvalue weighted by atomic mass is 9.78. The summed E-state index contributed by atoms with van der Waals surface area (Å²) in [6.45, 7) is 15.8. The Morgan fingerprint density at radius 1 is 0.679 bits per heavy atom. The van der Waals surface area contributed by atoms with Crippen LogP contribution in [0.1, 0.15) is 105 Å². The molecule has 1 aliphatic carbocycles. The van der Waals surface area contributed by atoms with Crippen LogP contribution in [0.2, 0.25) is 0 Å². The summed E-state index contributed by atoms with van der Waals surface area (Å²) in [5.41, 5.74) is 6.01. The highest BCUT2D eigenvalue weighted by atomic mass is 14.4.